The van der Waals surface area contributed by atoms with Gasteiger partial charge < -0.3 is 0 Å². The predicted molar refractivity (Wildman–Crippen MR) is 53.6 cm³/mol. The van der Waals surface area contributed by atoms with Crippen molar-refractivity contribution in [3.05, 3.63) is 60.2 Å². The zero-order valence-electron chi connectivity index (χ0n) is 7.23. The molecule has 2 heteroatoms. The molecule has 0 nitrogen and oxygen atoms in total. The second-order valence-electron chi connectivity index (χ2n) is 2.39. The maximum Gasteiger partial charge on any atom is 2.00 e. The van der Waals surface area contributed by atoms with E-state index in [1.165, 1.54) is 5.56 Å². The van der Waals surface area contributed by atoms with E-state index in [-0.39, 0.29) is 18.6 Å². The van der Waals surface area contributed by atoms with Crippen molar-refractivity contribution in [2.45, 2.75) is 5.88 Å². The Bertz CT molecular complexity index is 241. The second-order valence-corrected chi connectivity index (χ2v) is 2.66. The molecule has 67 valence electrons. The van der Waals surface area contributed by atoms with Crippen molar-refractivity contribution in [1.29, 1.82) is 0 Å². The van der Waals surface area contributed by atoms with E-state index in [4.69, 9.17) is 11.6 Å². The van der Waals surface area contributed by atoms with Crippen LogP contribution in [0.25, 0.3) is 0 Å². The molecule has 2 aromatic carbocycles. The second kappa shape index (κ2) is 8.19. The van der Waals surface area contributed by atoms with Gasteiger partial charge in [0.15, 0.2) is 0 Å². The summed E-state index contributed by atoms with van der Waals surface area (Å²) >= 11 is 5.47. The van der Waals surface area contributed by atoms with Crippen LogP contribution >= 0.6 is 11.6 Å². The Morgan fingerprint density at radius 2 is 1.54 bits per heavy atom. The summed E-state index contributed by atoms with van der Waals surface area (Å²) in [6.07, 6.45) is 0. The van der Waals surface area contributed by atoms with Gasteiger partial charge in [-0.25, -0.2) is 24.3 Å². The Hall–Kier alpha value is -0.426. The van der Waals surface area contributed by atoms with Crippen LogP contribution in [0.2, 0.25) is 0 Å². The van der Waals surface area contributed by atoms with Gasteiger partial charge in [-0.05, 0) is 0 Å². The Labute approximate surface area is 96.1 Å². The Balaban J connectivity index is 0.000000215. The van der Waals surface area contributed by atoms with E-state index >= 15 is 0 Å². The average molecular weight is 230 g/mol. The monoisotopic (exact) mass is 229 g/mol. The molecule has 0 aromatic heterocycles. The number of hydrogen-bond donors (Lipinski definition) is 0. The minimum absolute atomic E-state index is 0. The van der Waals surface area contributed by atoms with Crippen LogP contribution in [0.1, 0.15) is 5.56 Å². The van der Waals surface area contributed by atoms with Crippen LogP contribution in [0.4, 0.5) is 0 Å². The third-order valence-electron chi connectivity index (χ3n) is 1.44. The minimum Gasteiger partial charge on any atom is -0.214 e. The molecule has 0 bridgehead atoms. The van der Waals surface area contributed by atoms with Gasteiger partial charge in [0.2, 0.25) is 0 Å². The van der Waals surface area contributed by atoms with Gasteiger partial charge in [0, 0.05) is 5.88 Å². The van der Waals surface area contributed by atoms with Crippen molar-refractivity contribution >= 4 is 11.6 Å². The Morgan fingerprint density at radius 1 is 1.00 bits per heavy atom. The van der Waals surface area contributed by atoms with Gasteiger partial charge in [-0.2, -0.15) is 30.3 Å². The van der Waals surface area contributed by atoms with Crippen molar-refractivity contribution in [2.24, 2.45) is 0 Å². The molecule has 0 aliphatic carbocycles. The first-order chi connectivity index (χ1) is 5.93. The van der Waals surface area contributed by atoms with Gasteiger partial charge in [-0.15, -0.1) is 17.2 Å². The van der Waals surface area contributed by atoms with Crippen LogP contribution in [-0.4, -0.2) is 0 Å². The number of hydrogen-bond acceptors (Lipinski definition) is 0. The largest absolute Gasteiger partial charge is 2.00 e. The molecular formula is C11H11ClV. The van der Waals surface area contributed by atoms with Crippen LogP contribution in [0.5, 0.6) is 0 Å². The molecule has 0 fully saturated rings. The maximum atomic E-state index is 5.47. The van der Waals surface area contributed by atoms with Crippen LogP contribution in [0.15, 0.2) is 54.6 Å². The molecule has 2 aromatic rings. The molecule has 0 saturated heterocycles. The quantitative estimate of drug-likeness (QED) is 0.518. The number of alkyl halides is 1. The molecule has 0 aliphatic heterocycles. The van der Waals surface area contributed by atoms with E-state index in [0.717, 1.165) is 0 Å². The molecule has 0 spiro atoms. The van der Waals surface area contributed by atoms with Gasteiger partial charge >= 0.3 is 18.6 Å². The first-order valence-corrected chi connectivity index (χ1v) is 4.40. The fraction of sp³-hybridized carbons (Fsp3) is 0.0909. The van der Waals surface area contributed by atoms with E-state index < -0.39 is 0 Å². The molecule has 2 rings (SSSR count). The molecule has 0 saturated carbocycles. The topological polar surface area (TPSA) is 0 Å². The van der Waals surface area contributed by atoms with Crippen molar-refractivity contribution in [3.63, 3.8) is 0 Å². The van der Waals surface area contributed by atoms with Gasteiger partial charge in [-0.1, -0.05) is 0 Å². The zero-order chi connectivity index (χ0) is 8.65. The van der Waals surface area contributed by atoms with Gasteiger partial charge in [0.1, 0.15) is 0 Å². The molecule has 0 atom stereocenters. The summed E-state index contributed by atoms with van der Waals surface area (Å²) < 4.78 is 0. The summed E-state index contributed by atoms with van der Waals surface area (Å²) in [7, 11) is 0. The third kappa shape index (κ3) is 5.76. The van der Waals surface area contributed by atoms with E-state index in [9.17, 15) is 0 Å². The minimum atomic E-state index is 0. The van der Waals surface area contributed by atoms with Crippen molar-refractivity contribution < 1.29 is 18.6 Å². The average Bonchev–Trinajstić information content (AvgIpc) is 2.81. The van der Waals surface area contributed by atoms with Crippen molar-refractivity contribution in [3.8, 4) is 0 Å². The van der Waals surface area contributed by atoms with Gasteiger partial charge in [0.05, 0.1) is 0 Å². The fourth-order valence-electron chi connectivity index (χ4n) is 0.824. The molecule has 13 heavy (non-hydrogen) atoms. The third-order valence-corrected chi connectivity index (χ3v) is 1.75. The van der Waals surface area contributed by atoms with Crippen LogP contribution in [-0.2, 0) is 24.4 Å². The smallest absolute Gasteiger partial charge is 0.214 e. The number of rotatable bonds is 1. The molecule has 0 unspecified atom stereocenters. The standard InChI is InChI=1S/C6H6Cl.C5H5.V/c7-5-6-3-1-2-4-6;1-2-4-5-3-1;/h1-4H,5H2;1-5H;/q2*-1;+2. The molecule has 0 N–H and O–H groups in total. The molecule has 0 aliphatic rings. The summed E-state index contributed by atoms with van der Waals surface area (Å²) in [5.74, 6) is 0.632. The molecule has 1 radical (unpaired) electrons. The van der Waals surface area contributed by atoms with Gasteiger partial charge in [0.25, 0.3) is 0 Å². The molecule has 0 amide bonds. The van der Waals surface area contributed by atoms with Crippen molar-refractivity contribution in [1.82, 2.24) is 0 Å². The summed E-state index contributed by atoms with van der Waals surface area (Å²) in [6.45, 7) is 0. The summed E-state index contributed by atoms with van der Waals surface area (Å²) in [5, 5.41) is 0. The molecular weight excluding hydrogens is 219 g/mol. The first-order valence-electron chi connectivity index (χ1n) is 3.86. The van der Waals surface area contributed by atoms with E-state index in [1.54, 1.807) is 0 Å². The van der Waals surface area contributed by atoms with E-state index in [2.05, 4.69) is 0 Å². The fourth-order valence-corrected chi connectivity index (χ4v) is 1.00. The number of halogens is 1. The van der Waals surface area contributed by atoms with Gasteiger partial charge in [-0.3, -0.25) is 0 Å². The summed E-state index contributed by atoms with van der Waals surface area (Å²) in [4.78, 5) is 0. The summed E-state index contributed by atoms with van der Waals surface area (Å²) in [6, 6.07) is 18.0. The first kappa shape index (κ1) is 12.6. The Kier molecular flexibility index (Phi) is 7.92. The molecule has 0 heterocycles. The van der Waals surface area contributed by atoms with E-state index in [0.29, 0.717) is 5.88 Å². The maximum absolute atomic E-state index is 5.47. The Morgan fingerprint density at radius 3 is 1.77 bits per heavy atom. The van der Waals surface area contributed by atoms with E-state index in [1.807, 2.05) is 54.6 Å². The van der Waals surface area contributed by atoms with Crippen LogP contribution in [0, 0.1) is 0 Å². The SMILES string of the molecule is ClC[c-]1cccc1.[V+2].c1cc[cH-]c1. The van der Waals surface area contributed by atoms with Crippen LogP contribution < -0.4 is 0 Å². The predicted octanol–water partition coefficient (Wildman–Crippen LogP) is 3.55. The zero-order valence-corrected chi connectivity index (χ0v) is 9.38. The normalized spacial score (nSPS) is 8.08. The van der Waals surface area contributed by atoms with Crippen molar-refractivity contribution in [2.75, 3.05) is 0 Å². The van der Waals surface area contributed by atoms with Crippen LogP contribution in [0.3, 0.4) is 0 Å². The summed E-state index contributed by atoms with van der Waals surface area (Å²) in [5.41, 5.74) is 1.20.